The van der Waals surface area contributed by atoms with Crippen LogP contribution in [0, 0.1) is 0 Å². The van der Waals surface area contributed by atoms with Crippen LogP contribution < -0.4 is 10.5 Å². The average Bonchev–Trinajstić information content (AvgIpc) is 2.28. The van der Waals surface area contributed by atoms with Crippen LogP contribution in [0.15, 0.2) is 6.07 Å². The van der Waals surface area contributed by atoms with Gasteiger partial charge < -0.3 is 15.4 Å². The van der Waals surface area contributed by atoms with E-state index in [2.05, 4.69) is 18.0 Å². The third-order valence-electron chi connectivity index (χ3n) is 4.11. The summed E-state index contributed by atoms with van der Waals surface area (Å²) in [6.07, 6.45) is 3.77. The zero-order valence-corrected chi connectivity index (χ0v) is 10.6. The first-order valence-electron chi connectivity index (χ1n) is 6.37. The molecule has 1 aromatic rings. The molecule has 17 heavy (non-hydrogen) atoms. The lowest BCUT2D eigenvalue weighted by Gasteiger charge is -2.37. The smallest absolute Gasteiger partial charge is 0.146 e. The first-order chi connectivity index (χ1) is 8.20. The van der Waals surface area contributed by atoms with Gasteiger partial charge in [0.05, 0.1) is 12.8 Å². The van der Waals surface area contributed by atoms with E-state index in [-0.39, 0.29) is 0 Å². The molecule has 0 amide bonds. The van der Waals surface area contributed by atoms with E-state index in [0.717, 1.165) is 18.0 Å². The molecule has 1 aliphatic carbocycles. The van der Waals surface area contributed by atoms with Crippen LogP contribution in [-0.4, -0.2) is 25.6 Å². The molecule has 1 atom stereocenters. The molecule has 1 aromatic carbocycles. The van der Waals surface area contributed by atoms with Gasteiger partial charge in [-0.3, -0.25) is 0 Å². The number of benzene rings is 1. The normalized spacial score (nSPS) is 23.3. The van der Waals surface area contributed by atoms with E-state index < -0.39 is 0 Å². The summed E-state index contributed by atoms with van der Waals surface area (Å²) in [5, 5.41) is 0. The zero-order valence-electron chi connectivity index (χ0n) is 10.6. The maximum atomic E-state index is 6.10. The second-order valence-electron chi connectivity index (χ2n) is 5.34. The molecule has 0 spiro atoms. The summed E-state index contributed by atoms with van der Waals surface area (Å²) in [5.41, 5.74) is 11.2. The highest BCUT2D eigenvalue weighted by Gasteiger charge is 2.31. The highest BCUT2D eigenvalue weighted by atomic mass is 16.5. The second kappa shape index (κ2) is 3.91. The fourth-order valence-corrected chi connectivity index (χ4v) is 3.51. The molecule has 3 nitrogen and oxygen atoms in total. The van der Waals surface area contributed by atoms with Crippen molar-refractivity contribution in [2.75, 3.05) is 26.4 Å². The minimum Gasteiger partial charge on any atom is -0.494 e. The standard InChI is InChI=1S/C14H20N2O/c1-16-7-10-5-3-4-9-6-12(15)14(17-2)11(8-16)13(9)10/h6,10H,3-5,7-8,15H2,1-2H3. The van der Waals surface area contributed by atoms with Gasteiger partial charge in [0, 0.05) is 18.7 Å². The van der Waals surface area contributed by atoms with Crippen molar-refractivity contribution in [2.24, 2.45) is 0 Å². The Morgan fingerprint density at radius 2 is 2.29 bits per heavy atom. The molecule has 0 bridgehead atoms. The summed E-state index contributed by atoms with van der Waals surface area (Å²) in [6.45, 7) is 2.14. The van der Waals surface area contributed by atoms with Crippen LogP contribution in [0.25, 0.3) is 0 Å². The first-order valence-corrected chi connectivity index (χ1v) is 6.37. The number of rotatable bonds is 1. The fraction of sp³-hybridized carbons (Fsp3) is 0.571. The predicted molar refractivity (Wildman–Crippen MR) is 69.4 cm³/mol. The molecule has 0 aromatic heterocycles. The summed E-state index contributed by atoms with van der Waals surface area (Å²) in [7, 11) is 3.90. The van der Waals surface area contributed by atoms with Gasteiger partial charge in [0.25, 0.3) is 0 Å². The van der Waals surface area contributed by atoms with Crippen molar-refractivity contribution in [1.29, 1.82) is 0 Å². The third kappa shape index (κ3) is 1.61. The Morgan fingerprint density at radius 3 is 3.06 bits per heavy atom. The summed E-state index contributed by atoms with van der Waals surface area (Å²) in [4.78, 5) is 2.38. The third-order valence-corrected chi connectivity index (χ3v) is 4.11. The minimum atomic E-state index is 0.682. The fourth-order valence-electron chi connectivity index (χ4n) is 3.51. The molecule has 1 unspecified atom stereocenters. The van der Waals surface area contributed by atoms with Crippen molar-refractivity contribution in [1.82, 2.24) is 4.90 Å². The Hall–Kier alpha value is -1.22. The SMILES string of the molecule is COc1c(N)cc2c3c1CN(C)CC3CCC2. The molecule has 92 valence electrons. The molecule has 3 rings (SSSR count). The van der Waals surface area contributed by atoms with E-state index in [1.165, 1.54) is 36.9 Å². The summed E-state index contributed by atoms with van der Waals surface area (Å²) in [5.74, 6) is 1.59. The molecule has 0 fully saturated rings. The first kappa shape index (κ1) is 10.9. The van der Waals surface area contributed by atoms with Crippen molar-refractivity contribution >= 4 is 5.69 Å². The number of ether oxygens (including phenoxy) is 1. The number of hydrogen-bond acceptors (Lipinski definition) is 3. The Labute approximate surface area is 103 Å². The number of nitrogens with two attached hydrogens (primary N) is 1. The quantitative estimate of drug-likeness (QED) is 0.754. The van der Waals surface area contributed by atoms with Crippen LogP contribution in [0.1, 0.15) is 35.4 Å². The van der Waals surface area contributed by atoms with Crippen LogP contribution in [-0.2, 0) is 13.0 Å². The van der Waals surface area contributed by atoms with Gasteiger partial charge in [-0.1, -0.05) is 0 Å². The molecule has 1 aliphatic heterocycles. The van der Waals surface area contributed by atoms with Crippen molar-refractivity contribution in [3.63, 3.8) is 0 Å². The Kier molecular flexibility index (Phi) is 2.51. The molecule has 1 heterocycles. The highest BCUT2D eigenvalue weighted by molar-refractivity contribution is 5.64. The summed E-state index contributed by atoms with van der Waals surface area (Å²) >= 11 is 0. The van der Waals surface area contributed by atoms with E-state index in [1.807, 2.05) is 0 Å². The monoisotopic (exact) mass is 232 g/mol. The molecular weight excluding hydrogens is 212 g/mol. The van der Waals surface area contributed by atoms with Crippen molar-refractivity contribution in [3.8, 4) is 5.75 Å². The topological polar surface area (TPSA) is 38.5 Å². The largest absolute Gasteiger partial charge is 0.494 e. The van der Waals surface area contributed by atoms with E-state index in [0.29, 0.717) is 5.92 Å². The van der Waals surface area contributed by atoms with Crippen LogP contribution >= 0.6 is 0 Å². The maximum absolute atomic E-state index is 6.10. The van der Waals surface area contributed by atoms with Gasteiger partial charge in [-0.15, -0.1) is 0 Å². The average molecular weight is 232 g/mol. The van der Waals surface area contributed by atoms with Crippen LogP contribution in [0.4, 0.5) is 5.69 Å². The van der Waals surface area contributed by atoms with Gasteiger partial charge >= 0.3 is 0 Å². The lowest BCUT2D eigenvalue weighted by molar-refractivity contribution is 0.259. The highest BCUT2D eigenvalue weighted by Crippen LogP contribution is 2.44. The number of nitrogens with zero attached hydrogens (tertiary/aromatic N) is 1. The Bertz CT molecular complexity index is 456. The lowest BCUT2D eigenvalue weighted by Crippen LogP contribution is -2.33. The molecule has 2 aliphatic rings. The summed E-state index contributed by atoms with van der Waals surface area (Å²) < 4.78 is 5.51. The van der Waals surface area contributed by atoms with Crippen molar-refractivity contribution in [2.45, 2.75) is 31.7 Å². The molecule has 0 saturated heterocycles. The Morgan fingerprint density at radius 1 is 1.47 bits per heavy atom. The van der Waals surface area contributed by atoms with E-state index >= 15 is 0 Å². The number of aryl methyl sites for hydroxylation is 1. The van der Waals surface area contributed by atoms with Crippen molar-refractivity contribution in [3.05, 3.63) is 22.8 Å². The van der Waals surface area contributed by atoms with Gasteiger partial charge in [-0.25, -0.2) is 0 Å². The van der Waals surface area contributed by atoms with E-state index in [4.69, 9.17) is 10.5 Å². The van der Waals surface area contributed by atoms with E-state index in [1.54, 1.807) is 12.7 Å². The van der Waals surface area contributed by atoms with E-state index in [9.17, 15) is 0 Å². The van der Waals surface area contributed by atoms with Crippen LogP contribution in [0.3, 0.4) is 0 Å². The minimum absolute atomic E-state index is 0.682. The number of anilines is 1. The molecule has 2 N–H and O–H groups in total. The number of nitrogen functional groups attached to an aromatic ring is 1. The lowest BCUT2D eigenvalue weighted by atomic mass is 9.77. The van der Waals surface area contributed by atoms with Gasteiger partial charge in [0.15, 0.2) is 0 Å². The van der Waals surface area contributed by atoms with Gasteiger partial charge in [-0.2, -0.15) is 0 Å². The zero-order chi connectivity index (χ0) is 12.0. The number of likely N-dealkylation sites (N-methyl/N-ethyl adjacent to an activating group) is 1. The molecule has 3 heteroatoms. The summed E-state index contributed by atoms with van der Waals surface area (Å²) in [6, 6.07) is 2.13. The predicted octanol–water partition coefficient (Wildman–Crippen LogP) is 2.14. The molecule has 0 radical (unpaired) electrons. The Balaban J connectivity index is 2.22. The second-order valence-corrected chi connectivity index (χ2v) is 5.34. The van der Waals surface area contributed by atoms with Gasteiger partial charge in [-0.05, 0) is 49.4 Å². The number of methoxy groups -OCH3 is 1. The molecule has 0 saturated carbocycles. The van der Waals surface area contributed by atoms with Crippen LogP contribution in [0.2, 0.25) is 0 Å². The maximum Gasteiger partial charge on any atom is 0.146 e. The van der Waals surface area contributed by atoms with Crippen molar-refractivity contribution < 1.29 is 4.74 Å². The van der Waals surface area contributed by atoms with Gasteiger partial charge in [0.2, 0.25) is 0 Å². The van der Waals surface area contributed by atoms with Gasteiger partial charge in [0.1, 0.15) is 5.75 Å². The molecular formula is C14H20N2O. The van der Waals surface area contributed by atoms with Crippen LogP contribution in [0.5, 0.6) is 5.75 Å². The number of hydrogen-bond donors (Lipinski definition) is 1.